The van der Waals surface area contributed by atoms with Gasteiger partial charge in [-0.15, -0.1) is 0 Å². The van der Waals surface area contributed by atoms with Crippen molar-refractivity contribution in [3.8, 4) is 5.75 Å². The zero-order valence-corrected chi connectivity index (χ0v) is 21.0. The molecule has 0 saturated carbocycles. The molecule has 6 nitrogen and oxygen atoms in total. The van der Waals surface area contributed by atoms with E-state index in [0.29, 0.717) is 24.6 Å². The van der Waals surface area contributed by atoms with Crippen LogP contribution in [-0.4, -0.2) is 38.8 Å². The first-order valence-corrected chi connectivity index (χ1v) is 13.2. The van der Waals surface area contributed by atoms with Gasteiger partial charge in [-0.2, -0.15) is 4.31 Å². The Morgan fingerprint density at radius 1 is 1.03 bits per heavy atom. The van der Waals surface area contributed by atoms with Crippen LogP contribution in [0.15, 0.2) is 47.4 Å². The van der Waals surface area contributed by atoms with Gasteiger partial charge in [-0.25, -0.2) is 8.42 Å². The smallest absolute Gasteiger partial charge is 0.252 e. The first-order valence-electron chi connectivity index (χ1n) is 11.8. The fourth-order valence-corrected chi connectivity index (χ4v) is 5.80. The summed E-state index contributed by atoms with van der Waals surface area (Å²) in [5.74, 6) is 0.866. The van der Waals surface area contributed by atoms with Crippen LogP contribution in [0.4, 0.5) is 0 Å². The number of benzene rings is 2. The number of carbonyl (C=O) groups excluding carboxylic acids is 1. The number of hydrogen-bond acceptors (Lipinski definition) is 4. The Bertz CT molecular complexity index is 1040. The highest BCUT2D eigenvalue weighted by Gasteiger charge is 2.27. The highest BCUT2D eigenvalue weighted by atomic mass is 32.2. The number of carbonyl (C=O) groups is 1. The van der Waals surface area contributed by atoms with Gasteiger partial charge in [0, 0.05) is 18.7 Å². The van der Waals surface area contributed by atoms with Crippen molar-refractivity contribution in [2.75, 3.05) is 20.2 Å². The molecule has 1 aliphatic rings. The summed E-state index contributed by atoms with van der Waals surface area (Å²) in [4.78, 5) is 13.5. The van der Waals surface area contributed by atoms with Crippen LogP contribution in [0.5, 0.6) is 5.75 Å². The van der Waals surface area contributed by atoms with E-state index in [0.717, 1.165) is 49.0 Å². The molecule has 180 valence electrons. The normalized spacial score (nSPS) is 16.3. The zero-order chi connectivity index (χ0) is 24.0. The van der Waals surface area contributed by atoms with Crippen LogP contribution in [0, 0.1) is 12.8 Å². The molecular formula is C26H36N2O4S. The minimum absolute atomic E-state index is 0.185. The summed E-state index contributed by atoms with van der Waals surface area (Å²) in [6.07, 6.45) is 4.61. The van der Waals surface area contributed by atoms with Crippen molar-refractivity contribution >= 4 is 15.9 Å². The van der Waals surface area contributed by atoms with Gasteiger partial charge in [0.05, 0.1) is 18.0 Å². The van der Waals surface area contributed by atoms with Gasteiger partial charge in [-0.05, 0) is 67.5 Å². The van der Waals surface area contributed by atoms with Gasteiger partial charge in [0.25, 0.3) is 5.91 Å². The largest absolute Gasteiger partial charge is 0.497 e. The number of sulfonamides is 1. The molecule has 7 heteroatoms. The van der Waals surface area contributed by atoms with Gasteiger partial charge in [0.2, 0.25) is 10.0 Å². The number of ether oxygens (including phenoxy) is 1. The zero-order valence-electron chi connectivity index (χ0n) is 20.1. The molecule has 0 aliphatic carbocycles. The maximum Gasteiger partial charge on any atom is 0.252 e. The maximum absolute atomic E-state index is 13.3. The maximum atomic E-state index is 13.3. The van der Waals surface area contributed by atoms with Gasteiger partial charge < -0.3 is 10.1 Å². The van der Waals surface area contributed by atoms with E-state index in [1.807, 2.05) is 31.2 Å². The summed E-state index contributed by atoms with van der Waals surface area (Å²) in [5, 5.41) is 3.14. The summed E-state index contributed by atoms with van der Waals surface area (Å²) in [6, 6.07) is 12.4. The summed E-state index contributed by atoms with van der Waals surface area (Å²) >= 11 is 0. The van der Waals surface area contributed by atoms with E-state index in [-0.39, 0.29) is 16.8 Å². The van der Waals surface area contributed by atoms with Crippen molar-refractivity contribution in [2.24, 2.45) is 5.92 Å². The van der Waals surface area contributed by atoms with E-state index in [1.54, 1.807) is 23.5 Å². The van der Waals surface area contributed by atoms with E-state index in [9.17, 15) is 13.2 Å². The molecule has 1 fully saturated rings. The Hall–Kier alpha value is -2.38. The second-order valence-electron chi connectivity index (χ2n) is 9.22. The predicted molar refractivity (Wildman–Crippen MR) is 131 cm³/mol. The second kappa shape index (κ2) is 11.2. The lowest BCUT2D eigenvalue weighted by Gasteiger charge is -2.23. The van der Waals surface area contributed by atoms with Crippen LogP contribution in [-0.2, 0) is 10.0 Å². The molecule has 0 radical (unpaired) electrons. The molecule has 1 aliphatic heterocycles. The molecule has 0 spiro atoms. The molecule has 1 unspecified atom stereocenters. The van der Waals surface area contributed by atoms with Crippen LogP contribution < -0.4 is 10.1 Å². The first kappa shape index (κ1) is 25.2. The lowest BCUT2D eigenvalue weighted by atomic mass is 9.96. The Kier molecular flexibility index (Phi) is 8.54. The summed E-state index contributed by atoms with van der Waals surface area (Å²) in [5.41, 5.74) is 2.14. The number of methoxy groups -OCH3 is 1. The van der Waals surface area contributed by atoms with E-state index in [1.165, 1.54) is 6.07 Å². The minimum Gasteiger partial charge on any atom is -0.497 e. The lowest BCUT2D eigenvalue weighted by molar-refractivity contribution is 0.0931. The van der Waals surface area contributed by atoms with E-state index < -0.39 is 10.0 Å². The van der Waals surface area contributed by atoms with Crippen molar-refractivity contribution in [3.63, 3.8) is 0 Å². The summed E-state index contributed by atoms with van der Waals surface area (Å²) < 4.78 is 33.3. The van der Waals surface area contributed by atoms with Crippen molar-refractivity contribution in [1.82, 2.24) is 9.62 Å². The molecule has 33 heavy (non-hydrogen) atoms. The standard InChI is InChI=1S/C26H36N2O4S/c1-19(2)17-25(21-10-12-22(32-4)13-11-21)27-26(29)24-18-23(14-9-20(24)3)33(30,31)28-15-7-5-6-8-16-28/h9-14,18-19,25H,5-8,15-17H2,1-4H3,(H,27,29). The molecule has 1 N–H and O–H groups in total. The van der Waals surface area contributed by atoms with Crippen LogP contribution in [0.1, 0.15) is 73.5 Å². The van der Waals surface area contributed by atoms with E-state index in [4.69, 9.17) is 4.74 Å². The van der Waals surface area contributed by atoms with Gasteiger partial charge in [-0.3, -0.25) is 4.79 Å². The predicted octanol–water partition coefficient (Wildman–Crippen LogP) is 5.09. The second-order valence-corrected chi connectivity index (χ2v) is 11.2. The van der Waals surface area contributed by atoms with Crippen LogP contribution in [0.2, 0.25) is 0 Å². The molecule has 0 bridgehead atoms. The molecule has 1 heterocycles. The fourth-order valence-electron chi connectivity index (χ4n) is 4.26. The molecule has 0 aromatic heterocycles. The molecule has 3 rings (SSSR count). The van der Waals surface area contributed by atoms with Crippen LogP contribution >= 0.6 is 0 Å². The quantitative estimate of drug-likeness (QED) is 0.581. The molecule has 1 amide bonds. The van der Waals surface area contributed by atoms with Gasteiger partial charge in [0.15, 0.2) is 0 Å². The Morgan fingerprint density at radius 2 is 1.67 bits per heavy atom. The monoisotopic (exact) mass is 472 g/mol. The van der Waals surface area contributed by atoms with Crippen molar-refractivity contribution in [2.45, 2.75) is 63.8 Å². The Morgan fingerprint density at radius 3 is 2.24 bits per heavy atom. The average molecular weight is 473 g/mol. The number of nitrogens with zero attached hydrogens (tertiary/aromatic N) is 1. The van der Waals surface area contributed by atoms with Crippen molar-refractivity contribution < 1.29 is 17.9 Å². The Balaban J connectivity index is 1.86. The fraction of sp³-hybridized carbons (Fsp3) is 0.500. The van der Waals surface area contributed by atoms with E-state index in [2.05, 4.69) is 19.2 Å². The number of hydrogen-bond donors (Lipinski definition) is 1. The molecule has 1 atom stereocenters. The van der Waals surface area contributed by atoms with Gasteiger partial charge >= 0.3 is 0 Å². The van der Waals surface area contributed by atoms with E-state index >= 15 is 0 Å². The SMILES string of the molecule is COc1ccc(C(CC(C)C)NC(=O)c2cc(S(=O)(=O)N3CCCCCC3)ccc2C)cc1. The van der Waals surface area contributed by atoms with Crippen molar-refractivity contribution in [1.29, 1.82) is 0 Å². The third-order valence-corrected chi connectivity index (χ3v) is 8.08. The van der Waals surface area contributed by atoms with Crippen LogP contribution in [0.25, 0.3) is 0 Å². The van der Waals surface area contributed by atoms with Crippen molar-refractivity contribution in [3.05, 3.63) is 59.2 Å². The average Bonchev–Trinajstić information content (AvgIpc) is 3.09. The Labute approximate surface area is 198 Å². The number of nitrogens with one attached hydrogen (secondary N) is 1. The molecule has 1 saturated heterocycles. The summed E-state index contributed by atoms with van der Waals surface area (Å²) in [6.45, 7) is 7.13. The topological polar surface area (TPSA) is 75.7 Å². The third kappa shape index (κ3) is 6.36. The first-order chi connectivity index (χ1) is 15.7. The highest BCUT2D eigenvalue weighted by Crippen LogP contribution is 2.26. The molecular weight excluding hydrogens is 436 g/mol. The number of aryl methyl sites for hydroxylation is 1. The minimum atomic E-state index is -3.63. The third-order valence-electron chi connectivity index (χ3n) is 6.19. The number of rotatable bonds is 8. The van der Waals surface area contributed by atoms with Gasteiger partial charge in [-0.1, -0.05) is 44.9 Å². The number of amides is 1. The molecule has 2 aromatic rings. The molecule has 2 aromatic carbocycles. The summed E-state index contributed by atoms with van der Waals surface area (Å²) in [7, 11) is -2.00. The van der Waals surface area contributed by atoms with Gasteiger partial charge in [0.1, 0.15) is 5.75 Å². The highest BCUT2D eigenvalue weighted by molar-refractivity contribution is 7.89. The van der Waals surface area contributed by atoms with Crippen LogP contribution in [0.3, 0.4) is 0 Å². The lowest BCUT2D eigenvalue weighted by Crippen LogP contribution is -2.33.